The molecule has 1 aromatic heterocycles. The highest BCUT2D eigenvalue weighted by molar-refractivity contribution is 5.96. The van der Waals surface area contributed by atoms with E-state index in [1.807, 2.05) is 6.08 Å². The molecule has 0 radical (unpaired) electrons. The van der Waals surface area contributed by atoms with Crippen LogP contribution in [-0.4, -0.2) is 35.8 Å². The van der Waals surface area contributed by atoms with Gasteiger partial charge < -0.3 is 19.4 Å². The summed E-state index contributed by atoms with van der Waals surface area (Å²) < 4.78 is 10.4. The minimum Gasteiger partial charge on any atom is -0.467 e. The number of esters is 1. The van der Waals surface area contributed by atoms with Gasteiger partial charge in [0.25, 0.3) is 11.8 Å². The quantitative estimate of drug-likeness (QED) is 0.693. The average Bonchev–Trinajstić information content (AvgIpc) is 3.28. The summed E-state index contributed by atoms with van der Waals surface area (Å²) in [4.78, 5) is 38.2. The number of ether oxygens (including phenoxy) is 1. The Morgan fingerprint density at radius 3 is 2.59 bits per heavy atom. The van der Waals surface area contributed by atoms with Crippen LogP contribution in [0.1, 0.15) is 41.8 Å². The van der Waals surface area contributed by atoms with E-state index in [1.165, 1.54) is 0 Å². The molecule has 1 aliphatic rings. The number of amides is 2. The van der Waals surface area contributed by atoms with Crippen molar-refractivity contribution < 1.29 is 23.5 Å². The lowest BCUT2D eigenvalue weighted by Crippen LogP contribution is -2.36. The van der Waals surface area contributed by atoms with Crippen molar-refractivity contribution in [2.24, 2.45) is 0 Å². The van der Waals surface area contributed by atoms with Crippen molar-refractivity contribution in [2.45, 2.75) is 32.2 Å². The van der Waals surface area contributed by atoms with Crippen LogP contribution in [0.3, 0.4) is 0 Å². The topological polar surface area (TPSA) is 88.8 Å². The molecule has 1 aliphatic carbocycles. The predicted molar refractivity (Wildman–Crippen MR) is 106 cm³/mol. The van der Waals surface area contributed by atoms with Gasteiger partial charge in [-0.15, -0.1) is 0 Å². The van der Waals surface area contributed by atoms with Gasteiger partial charge in [0.1, 0.15) is 12.3 Å². The van der Waals surface area contributed by atoms with E-state index in [0.717, 1.165) is 31.4 Å². The Morgan fingerprint density at radius 1 is 1.07 bits per heavy atom. The minimum atomic E-state index is -0.668. The first-order valence-corrected chi connectivity index (χ1v) is 9.64. The molecule has 2 amide bonds. The molecule has 0 atom stereocenters. The molecule has 3 rings (SSSR count). The summed E-state index contributed by atoms with van der Waals surface area (Å²) in [5.74, 6) is -0.706. The molecule has 152 valence electrons. The van der Waals surface area contributed by atoms with Crippen LogP contribution < -0.4 is 5.32 Å². The summed E-state index contributed by atoms with van der Waals surface area (Å²) >= 11 is 0. The molecule has 0 saturated carbocycles. The van der Waals surface area contributed by atoms with E-state index < -0.39 is 12.6 Å². The van der Waals surface area contributed by atoms with Gasteiger partial charge in [0, 0.05) is 11.3 Å². The Bertz CT molecular complexity index is 859. The molecule has 0 spiro atoms. The zero-order valence-corrected chi connectivity index (χ0v) is 16.1. The molecule has 1 N–H and O–H groups in total. The van der Waals surface area contributed by atoms with Crippen LogP contribution in [0.5, 0.6) is 0 Å². The van der Waals surface area contributed by atoms with E-state index in [1.54, 1.807) is 53.6 Å². The fraction of sp³-hybridized carbons (Fsp3) is 0.318. The molecule has 0 aliphatic heterocycles. The number of carbonyl (C=O) groups is 3. The maximum absolute atomic E-state index is 12.7. The molecule has 29 heavy (non-hydrogen) atoms. The molecule has 1 aromatic carbocycles. The first-order valence-electron chi connectivity index (χ1n) is 9.64. The van der Waals surface area contributed by atoms with Gasteiger partial charge >= 0.3 is 5.97 Å². The lowest BCUT2D eigenvalue weighted by Gasteiger charge is -2.26. The highest BCUT2D eigenvalue weighted by Crippen LogP contribution is 2.23. The number of carbonyl (C=O) groups excluding carboxylic acids is 3. The number of hydrogen-bond acceptors (Lipinski definition) is 5. The molecule has 7 nitrogen and oxygen atoms in total. The fourth-order valence-corrected chi connectivity index (χ4v) is 3.09. The van der Waals surface area contributed by atoms with Gasteiger partial charge in [0.2, 0.25) is 0 Å². The predicted octanol–water partition coefficient (Wildman–Crippen LogP) is 3.04. The molecule has 7 heteroatoms. The van der Waals surface area contributed by atoms with Crippen LogP contribution in [0.15, 0.2) is 64.9 Å². The van der Waals surface area contributed by atoms with Gasteiger partial charge in [-0.25, -0.2) is 0 Å². The number of hydrogen-bond donors (Lipinski definition) is 1. The van der Waals surface area contributed by atoms with Crippen LogP contribution in [0.25, 0.3) is 0 Å². The number of allylic oxidation sites excluding steroid dienone is 2. The molecule has 0 unspecified atom stereocenters. The molecule has 0 bridgehead atoms. The second-order valence-corrected chi connectivity index (χ2v) is 6.71. The monoisotopic (exact) mass is 396 g/mol. The zero-order chi connectivity index (χ0) is 20.5. The van der Waals surface area contributed by atoms with E-state index in [9.17, 15) is 14.4 Å². The zero-order valence-electron chi connectivity index (χ0n) is 16.1. The van der Waals surface area contributed by atoms with E-state index >= 15 is 0 Å². The molecular formula is C22H24N2O5. The van der Waals surface area contributed by atoms with Crippen LogP contribution in [0, 0.1) is 0 Å². The van der Waals surface area contributed by atoms with Crippen molar-refractivity contribution in [1.82, 2.24) is 10.2 Å². The number of rotatable bonds is 8. The van der Waals surface area contributed by atoms with Gasteiger partial charge in [-0.2, -0.15) is 0 Å². The summed E-state index contributed by atoms with van der Waals surface area (Å²) in [5, 5.41) is 2.49. The second kappa shape index (κ2) is 10.3. The summed E-state index contributed by atoms with van der Waals surface area (Å²) in [6, 6.07) is 12.1. The highest BCUT2D eigenvalue weighted by Gasteiger charge is 2.22. The second-order valence-electron chi connectivity index (χ2n) is 6.71. The number of nitrogens with one attached hydrogen (secondary N) is 1. The summed E-state index contributed by atoms with van der Waals surface area (Å²) in [6.45, 7) is -0.403. The summed E-state index contributed by atoms with van der Waals surface area (Å²) in [6.07, 6.45) is 7.44. The number of benzene rings is 1. The Labute approximate surface area is 169 Å². The smallest absolute Gasteiger partial charge is 0.325 e. The minimum absolute atomic E-state index is 0.292. The van der Waals surface area contributed by atoms with Crippen LogP contribution in [0.2, 0.25) is 0 Å². The lowest BCUT2D eigenvalue weighted by molar-refractivity contribution is -0.150. The maximum atomic E-state index is 12.7. The third-order valence-corrected chi connectivity index (χ3v) is 4.59. The van der Waals surface area contributed by atoms with Crippen molar-refractivity contribution in [3.8, 4) is 0 Å². The Balaban J connectivity index is 1.51. The maximum Gasteiger partial charge on any atom is 0.325 e. The van der Waals surface area contributed by atoms with Crippen molar-refractivity contribution >= 4 is 17.8 Å². The molecule has 1 heterocycles. The Kier molecular flexibility index (Phi) is 7.22. The normalized spacial score (nSPS) is 13.3. The van der Waals surface area contributed by atoms with Crippen LogP contribution in [-0.2, 0) is 20.9 Å². The third-order valence-electron chi connectivity index (χ3n) is 4.59. The van der Waals surface area contributed by atoms with E-state index in [4.69, 9.17) is 9.15 Å². The highest BCUT2D eigenvalue weighted by atomic mass is 16.5. The SMILES string of the molecule is O=C(CNC(=O)c1ccccc1)OCC(=O)N(Cc1ccco1)C1=CCCCC1. The van der Waals surface area contributed by atoms with E-state index in [0.29, 0.717) is 17.9 Å². The summed E-state index contributed by atoms with van der Waals surface area (Å²) in [7, 11) is 0. The molecule has 0 saturated heterocycles. The van der Waals surface area contributed by atoms with Crippen molar-refractivity contribution in [3.05, 3.63) is 71.8 Å². The first kappa shape index (κ1) is 20.4. The number of nitrogens with zero attached hydrogens (tertiary/aromatic N) is 1. The largest absolute Gasteiger partial charge is 0.467 e. The van der Waals surface area contributed by atoms with Crippen LogP contribution in [0.4, 0.5) is 0 Å². The Morgan fingerprint density at radius 2 is 1.90 bits per heavy atom. The lowest BCUT2D eigenvalue weighted by atomic mass is 10.0. The van der Waals surface area contributed by atoms with Crippen LogP contribution >= 0.6 is 0 Å². The molecule has 2 aromatic rings. The Hall–Kier alpha value is -3.35. The average molecular weight is 396 g/mol. The van der Waals surface area contributed by atoms with Gasteiger partial charge in [-0.05, 0) is 49.9 Å². The van der Waals surface area contributed by atoms with Crippen molar-refractivity contribution in [3.63, 3.8) is 0 Å². The standard InChI is InChI=1S/C22H24N2O5/c25-20(16-29-21(26)14-23-22(27)17-8-3-1-4-9-17)24(15-19-12-7-13-28-19)18-10-5-2-6-11-18/h1,3-4,7-10,12-13H,2,5-6,11,14-16H2,(H,23,27). The van der Waals surface area contributed by atoms with Crippen molar-refractivity contribution in [2.75, 3.05) is 13.2 Å². The van der Waals surface area contributed by atoms with E-state index in [-0.39, 0.29) is 18.4 Å². The molecular weight excluding hydrogens is 372 g/mol. The number of furan rings is 1. The molecule has 0 fully saturated rings. The van der Waals surface area contributed by atoms with Gasteiger partial charge in [-0.1, -0.05) is 24.3 Å². The van der Waals surface area contributed by atoms with Gasteiger partial charge in [-0.3, -0.25) is 14.4 Å². The van der Waals surface area contributed by atoms with Crippen molar-refractivity contribution in [1.29, 1.82) is 0 Å². The third kappa shape index (κ3) is 6.07. The van der Waals surface area contributed by atoms with Gasteiger partial charge in [0.15, 0.2) is 6.61 Å². The first-order chi connectivity index (χ1) is 14.1. The summed E-state index contributed by atoms with van der Waals surface area (Å²) in [5.41, 5.74) is 1.37. The van der Waals surface area contributed by atoms with Gasteiger partial charge in [0.05, 0.1) is 12.8 Å². The van der Waals surface area contributed by atoms with E-state index in [2.05, 4.69) is 5.32 Å². The fourth-order valence-electron chi connectivity index (χ4n) is 3.09.